The number of rotatable bonds is 9. The van der Waals surface area contributed by atoms with E-state index in [9.17, 15) is 13.2 Å². The molecule has 1 N–H and O–H groups in total. The minimum absolute atomic E-state index is 0.0530. The number of nitrogens with one attached hydrogen (secondary N) is 1. The van der Waals surface area contributed by atoms with Gasteiger partial charge in [-0.2, -0.15) is 4.98 Å². The number of carbonyl (C=O) groups is 1. The van der Waals surface area contributed by atoms with Crippen LogP contribution in [0.1, 0.15) is 22.9 Å². The van der Waals surface area contributed by atoms with E-state index in [1.54, 1.807) is 18.2 Å². The molecule has 0 aliphatic rings. The molecule has 0 bridgehead atoms. The van der Waals surface area contributed by atoms with Gasteiger partial charge in [-0.25, -0.2) is 8.42 Å². The Morgan fingerprint density at radius 3 is 2.41 bits per heavy atom. The quantitative estimate of drug-likeness (QED) is 0.536. The first-order valence-corrected chi connectivity index (χ1v) is 10.8. The summed E-state index contributed by atoms with van der Waals surface area (Å²) in [5.74, 6) is -1.26. The van der Waals surface area contributed by atoms with Crippen LogP contribution in [0.2, 0.25) is 0 Å². The number of anilines is 1. The van der Waals surface area contributed by atoms with Crippen LogP contribution in [-0.4, -0.2) is 44.6 Å². The summed E-state index contributed by atoms with van der Waals surface area (Å²) in [5.41, 5.74) is 1.10. The molecule has 0 saturated heterocycles. The molecule has 0 atom stereocenters. The minimum Gasteiger partial charge on any atom is -0.375 e. The zero-order valence-electron chi connectivity index (χ0n) is 16.0. The lowest BCUT2D eigenvalue weighted by atomic mass is 10.3. The third-order valence-electron chi connectivity index (χ3n) is 4.24. The van der Waals surface area contributed by atoms with Crippen molar-refractivity contribution in [3.63, 3.8) is 0 Å². The molecule has 0 aliphatic carbocycles. The molecule has 8 nitrogen and oxygen atoms in total. The van der Waals surface area contributed by atoms with Crippen molar-refractivity contribution in [2.24, 2.45) is 0 Å². The highest BCUT2D eigenvalue weighted by atomic mass is 32.2. The molecule has 29 heavy (non-hydrogen) atoms. The summed E-state index contributed by atoms with van der Waals surface area (Å²) in [5, 5.41) is 6.31. The number of para-hydroxylation sites is 1. The Hall–Kier alpha value is -3.20. The van der Waals surface area contributed by atoms with E-state index in [0.717, 1.165) is 18.7 Å². The molecular formula is C20H22N4O4S. The number of aromatic nitrogens is 2. The summed E-state index contributed by atoms with van der Waals surface area (Å²) in [6.45, 7) is 1.19. The lowest BCUT2D eigenvalue weighted by molar-refractivity contribution is 0.0909. The number of nitrogens with zero attached hydrogens (tertiary/aromatic N) is 3. The maximum Gasteiger partial charge on any atom is 0.315 e. The maximum absolute atomic E-state index is 12.3. The predicted molar refractivity (Wildman–Crippen MR) is 108 cm³/mol. The normalized spacial score (nSPS) is 11.2. The largest absolute Gasteiger partial charge is 0.375 e. The van der Waals surface area contributed by atoms with Gasteiger partial charge in [-0.3, -0.25) is 4.79 Å². The zero-order valence-corrected chi connectivity index (χ0v) is 16.8. The van der Waals surface area contributed by atoms with E-state index in [-0.39, 0.29) is 16.6 Å². The van der Waals surface area contributed by atoms with Crippen LogP contribution in [0, 0.1) is 0 Å². The highest BCUT2D eigenvalue weighted by Crippen LogP contribution is 2.14. The second-order valence-electron chi connectivity index (χ2n) is 6.45. The van der Waals surface area contributed by atoms with Gasteiger partial charge in [-0.15, -0.1) is 0 Å². The van der Waals surface area contributed by atoms with Gasteiger partial charge in [0.2, 0.25) is 0 Å². The van der Waals surface area contributed by atoms with Gasteiger partial charge in [0, 0.05) is 25.8 Å². The van der Waals surface area contributed by atoms with E-state index in [4.69, 9.17) is 4.52 Å². The Morgan fingerprint density at radius 2 is 1.72 bits per heavy atom. The average molecular weight is 414 g/mol. The molecule has 0 saturated carbocycles. The lowest BCUT2D eigenvalue weighted by Gasteiger charge is -2.18. The Balaban J connectivity index is 1.48. The van der Waals surface area contributed by atoms with E-state index in [2.05, 4.69) is 20.4 Å². The lowest BCUT2D eigenvalue weighted by Crippen LogP contribution is -2.28. The maximum atomic E-state index is 12.3. The molecule has 3 aromatic rings. The van der Waals surface area contributed by atoms with Gasteiger partial charge in [-0.1, -0.05) is 41.6 Å². The molecule has 1 heterocycles. The van der Waals surface area contributed by atoms with E-state index >= 15 is 0 Å². The molecule has 0 fully saturated rings. The first-order valence-electron chi connectivity index (χ1n) is 9.10. The van der Waals surface area contributed by atoms with Gasteiger partial charge >= 0.3 is 11.8 Å². The minimum atomic E-state index is -3.60. The molecule has 0 aliphatic heterocycles. The summed E-state index contributed by atoms with van der Waals surface area (Å²) in [6.07, 6.45) is 0.723. The van der Waals surface area contributed by atoms with Crippen molar-refractivity contribution in [3.05, 3.63) is 72.4 Å². The summed E-state index contributed by atoms with van der Waals surface area (Å²) in [6, 6.07) is 17.9. The van der Waals surface area contributed by atoms with E-state index in [1.807, 2.05) is 37.4 Å². The van der Waals surface area contributed by atoms with Crippen molar-refractivity contribution in [3.8, 4) is 0 Å². The first kappa shape index (κ1) is 20.5. The SMILES string of the molecule is CN(CCCNC(=O)c1nc(CS(=O)(=O)c2ccccc2)no1)c1ccccc1. The molecule has 9 heteroatoms. The number of carbonyl (C=O) groups excluding carboxylic acids is 1. The summed E-state index contributed by atoms with van der Waals surface area (Å²) in [7, 11) is -1.62. The van der Waals surface area contributed by atoms with Gasteiger partial charge in [-0.05, 0) is 30.7 Å². The number of hydrogen-bond donors (Lipinski definition) is 1. The van der Waals surface area contributed by atoms with E-state index < -0.39 is 21.5 Å². The standard InChI is InChI=1S/C20H22N4O4S/c1-24(16-9-4-2-5-10-16)14-8-13-21-19(25)20-22-18(23-28-20)15-29(26,27)17-11-6-3-7-12-17/h2-7,9-12H,8,13-15H2,1H3,(H,21,25). The van der Waals surface area contributed by atoms with Crippen LogP contribution < -0.4 is 10.2 Å². The number of benzene rings is 2. The Kier molecular flexibility index (Phi) is 6.61. The smallest absolute Gasteiger partial charge is 0.315 e. The number of hydrogen-bond acceptors (Lipinski definition) is 7. The van der Waals surface area contributed by atoms with Gasteiger partial charge in [0.15, 0.2) is 15.7 Å². The molecule has 3 rings (SSSR count). The van der Waals surface area contributed by atoms with Crippen LogP contribution in [0.25, 0.3) is 0 Å². The Labute approximate surface area is 169 Å². The van der Waals surface area contributed by atoms with Crippen LogP contribution in [0.5, 0.6) is 0 Å². The highest BCUT2D eigenvalue weighted by Gasteiger charge is 2.21. The van der Waals surface area contributed by atoms with Crippen molar-refractivity contribution < 1.29 is 17.7 Å². The Bertz CT molecular complexity index is 1040. The van der Waals surface area contributed by atoms with Crippen LogP contribution in [-0.2, 0) is 15.6 Å². The van der Waals surface area contributed by atoms with Gasteiger partial charge in [0.25, 0.3) is 0 Å². The fourth-order valence-corrected chi connectivity index (χ4v) is 3.89. The van der Waals surface area contributed by atoms with Crippen molar-refractivity contribution in [1.29, 1.82) is 0 Å². The molecule has 0 radical (unpaired) electrons. The van der Waals surface area contributed by atoms with Gasteiger partial charge in [0.05, 0.1) is 4.90 Å². The molecular weight excluding hydrogens is 392 g/mol. The van der Waals surface area contributed by atoms with Crippen LogP contribution in [0.15, 0.2) is 70.1 Å². The zero-order chi connectivity index (χ0) is 20.7. The molecule has 0 spiro atoms. The number of sulfone groups is 1. The van der Waals surface area contributed by atoms with Crippen molar-refractivity contribution in [2.45, 2.75) is 17.1 Å². The monoisotopic (exact) mass is 414 g/mol. The average Bonchev–Trinajstić information content (AvgIpc) is 3.20. The predicted octanol–water partition coefficient (Wildman–Crippen LogP) is 2.30. The van der Waals surface area contributed by atoms with Crippen molar-refractivity contribution in [1.82, 2.24) is 15.5 Å². The van der Waals surface area contributed by atoms with Crippen LogP contribution in [0.4, 0.5) is 5.69 Å². The topological polar surface area (TPSA) is 105 Å². The molecule has 2 aromatic carbocycles. The summed E-state index contributed by atoms with van der Waals surface area (Å²) in [4.78, 5) is 18.3. The van der Waals surface area contributed by atoms with Crippen LogP contribution >= 0.6 is 0 Å². The van der Waals surface area contributed by atoms with Gasteiger partial charge in [0.1, 0.15) is 5.75 Å². The number of amides is 1. The fourth-order valence-electron chi connectivity index (χ4n) is 2.69. The molecule has 152 valence electrons. The second kappa shape index (κ2) is 9.33. The van der Waals surface area contributed by atoms with Crippen LogP contribution in [0.3, 0.4) is 0 Å². The molecule has 1 aromatic heterocycles. The van der Waals surface area contributed by atoms with E-state index in [1.165, 1.54) is 12.1 Å². The first-order chi connectivity index (χ1) is 14.0. The van der Waals surface area contributed by atoms with Crippen molar-refractivity contribution in [2.75, 3.05) is 25.0 Å². The van der Waals surface area contributed by atoms with E-state index in [0.29, 0.717) is 6.54 Å². The molecule has 1 amide bonds. The van der Waals surface area contributed by atoms with Crippen molar-refractivity contribution >= 4 is 21.4 Å². The fraction of sp³-hybridized carbons (Fsp3) is 0.250. The third-order valence-corrected chi connectivity index (χ3v) is 5.87. The highest BCUT2D eigenvalue weighted by molar-refractivity contribution is 7.90. The van der Waals surface area contributed by atoms with Gasteiger partial charge < -0.3 is 14.7 Å². The Morgan fingerprint density at radius 1 is 1.07 bits per heavy atom. The third kappa shape index (κ3) is 5.64. The summed E-state index contributed by atoms with van der Waals surface area (Å²) >= 11 is 0. The summed E-state index contributed by atoms with van der Waals surface area (Å²) < 4.78 is 29.6. The second-order valence-corrected chi connectivity index (χ2v) is 8.44. The molecule has 0 unspecified atom stereocenters.